The standard InChI is InChI=1S/C19H23F2N3O4/c1-2-28-19(27)23-7-5-14(6-8-23)22-18(26)12-9-17(25)24(11-12)16-4-3-13(20)10-15(16)21/h3-4,10,12,14H,2,5-9,11H2,1H3,(H,22,26). The van der Waals surface area contributed by atoms with Gasteiger partial charge in [0.05, 0.1) is 18.2 Å². The Morgan fingerprint density at radius 3 is 2.61 bits per heavy atom. The minimum Gasteiger partial charge on any atom is -0.450 e. The number of hydrogen-bond donors (Lipinski definition) is 1. The first-order valence-corrected chi connectivity index (χ1v) is 9.36. The van der Waals surface area contributed by atoms with Crippen molar-refractivity contribution in [3.63, 3.8) is 0 Å². The Morgan fingerprint density at radius 2 is 1.96 bits per heavy atom. The number of ether oxygens (including phenoxy) is 1. The van der Waals surface area contributed by atoms with E-state index < -0.39 is 17.6 Å². The minimum atomic E-state index is -0.833. The lowest BCUT2D eigenvalue weighted by Gasteiger charge is -2.32. The van der Waals surface area contributed by atoms with Crippen molar-refractivity contribution in [3.05, 3.63) is 29.8 Å². The second kappa shape index (κ2) is 8.53. The van der Waals surface area contributed by atoms with Gasteiger partial charge in [-0.15, -0.1) is 0 Å². The molecule has 1 aromatic rings. The van der Waals surface area contributed by atoms with Crippen LogP contribution < -0.4 is 10.2 Å². The van der Waals surface area contributed by atoms with E-state index in [1.54, 1.807) is 11.8 Å². The third-order valence-electron chi connectivity index (χ3n) is 5.06. The van der Waals surface area contributed by atoms with Crippen LogP contribution in [0, 0.1) is 17.6 Å². The second-order valence-corrected chi connectivity index (χ2v) is 6.97. The van der Waals surface area contributed by atoms with E-state index in [2.05, 4.69) is 5.32 Å². The van der Waals surface area contributed by atoms with Crippen LogP contribution in [0.3, 0.4) is 0 Å². The van der Waals surface area contributed by atoms with Gasteiger partial charge in [-0.05, 0) is 31.9 Å². The number of carbonyl (C=O) groups is 3. The van der Waals surface area contributed by atoms with Gasteiger partial charge in [0.25, 0.3) is 0 Å². The van der Waals surface area contributed by atoms with Crippen LogP contribution in [0.2, 0.25) is 0 Å². The van der Waals surface area contributed by atoms with Gasteiger partial charge >= 0.3 is 6.09 Å². The van der Waals surface area contributed by atoms with Crippen molar-refractivity contribution in [3.8, 4) is 0 Å². The third-order valence-corrected chi connectivity index (χ3v) is 5.06. The van der Waals surface area contributed by atoms with Gasteiger partial charge in [-0.1, -0.05) is 0 Å². The first-order valence-electron chi connectivity index (χ1n) is 9.36. The van der Waals surface area contributed by atoms with Gasteiger partial charge in [-0.25, -0.2) is 13.6 Å². The quantitative estimate of drug-likeness (QED) is 0.847. The summed E-state index contributed by atoms with van der Waals surface area (Å²) in [6.45, 7) is 3.08. The fraction of sp³-hybridized carbons (Fsp3) is 0.526. The van der Waals surface area contributed by atoms with Crippen molar-refractivity contribution in [2.24, 2.45) is 5.92 Å². The molecule has 3 rings (SSSR count). The molecule has 0 aliphatic carbocycles. The maximum atomic E-state index is 14.0. The maximum absolute atomic E-state index is 14.0. The molecule has 2 fully saturated rings. The number of amides is 3. The zero-order valence-corrected chi connectivity index (χ0v) is 15.6. The summed E-state index contributed by atoms with van der Waals surface area (Å²) in [7, 11) is 0. The molecule has 2 aliphatic rings. The topological polar surface area (TPSA) is 79.0 Å². The second-order valence-electron chi connectivity index (χ2n) is 6.97. The summed E-state index contributed by atoms with van der Waals surface area (Å²) < 4.78 is 32.0. The highest BCUT2D eigenvalue weighted by Crippen LogP contribution is 2.28. The Balaban J connectivity index is 1.53. The number of nitrogens with one attached hydrogen (secondary N) is 1. The molecule has 1 N–H and O–H groups in total. The summed E-state index contributed by atoms with van der Waals surface area (Å²) in [6.07, 6.45) is 0.818. The predicted octanol–water partition coefficient (Wildman–Crippen LogP) is 2.05. The van der Waals surface area contributed by atoms with Gasteiger partial charge in [0, 0.05) is 38.2 Å². The van der Waals surface area contributed by atoms with Gasteiger partial charge in [0.1, 0.15) is 11.6 Å². The molecule has 0 bridgehead atoms. The number of anilines is 1. The van der Waals surface area contributed by atoms with E-state index in [1.165, 1.54) is 11.0 Å². The summed E-state index contributed by atoms with van der Waals surface area (Å²) in [5.41, 5.74) is -0.0237. The smallest absolute Gasteiger partial charge is 0.409 e. The number of piperidine rings is 1. The van der Waals surface area contributed by atoms with E-state index in [0.29, 0.717) is 38.6 Å². The van der Waals surface area contributed by atoms with E-state index in [1.807, 2.05) is 0 Å². The van der Waals surface area contributed by atoms with Gasteiger partial charge in [0.15, 0.2) is 0 Å². The Kier molecular flexibility index (Phi) is 6.11. The van der Waals surface area contributed by atoms with Gasteiger partial charge < -0.3 is 19.9 Å². The lowest BCUT2D eigenvalue weighted by molar-refractivity contribution is -0.127. The summed E-state index contributed by atoms with van der Waals surface area (Å²) in [4.78, 5) is 39.3. The Labute approximate surface area is 161 Å². The molecule has 9 heteroatoms. The first-order chi connectivity index (χ1) is 13.4. The number of likely N-dealkylation sites (tertiary alicyclic amines) is 1. The van der Waals surface area contributed by atoms with Crippen LogP contribution in [-0.2, 0) is 14.3 Å². The lowest BCUT2D eigenvalue weighted by atomic mass is 10.0. The Hall–Kier alpha value is -2.71. The zero-order valence-electron chi connectivity index (χ0n) is 15.6. The summed E-state index contributed by atoms with van der Waals surface area (Å²) in [5, 5.41) is 2.92. The van der Waals surface area contributed by atoms with E-state index in [9.17, 15) is 23.2 Å². The van der Waals surface area contributed by atoms with Crippen molar-refractivity contribution >= 4 is 23.6 Å². The molecule has 2 saturated heterocycles. The molecule has 1 atom stereocenters. The van der Waals surface area contributed by atoms with E-state index in [-0.39, 0.29) is 42.6 Å². The molecular weight excluding hydrogens is 372 g/mol. The van der Waals surface area contributed by atoms with Crippen LogP contribution in [0.1, 0.15) is 26.2 Å². The minimum absolute atomic E-state index is 0.0235. The highest BCUT2D eigenvalue weighted by molar-refractivity contribution is 6.00. The average Bonchev–Trinajstić information content (AvgIpc) is 3.04. The number of halogens is 2. The normalized spacial score (nSPS) is 20.4. The van der Waals surface area contributed by atoms with E-state index >= 15 is 0 Å². The SMILES string of the molecule is CCOC(=O)N1CCC(NC(=O)C2CC(=O)N(c3ccc(F)cc3F)C2)CC1. The van der Waals surface area contributed by atoms with Gasteiger partial charge in [-0.3, -0.25) is 9.59 Å². The first kappa shape index (κ1) is 20.0. The van der Waals surface area contributed by atoms with Crippen molar-refractivity contribution in [2.45, 2.75) is 32.2 Å². The average molecular weight is 395 g/mol. The van der Waals surface area contributed by atoms with E-state index in [0.717, 1.165) is 6.07 Å². The maximum Gasteiger partial charge on any atom is 0.409 e. The Morgan fingerprint density at radius 1 is 1.25 bits per heavy atom. The number of benzene rings is 1. The van der Waals surface area contributed by atoms with Gasteiger partial charge in [-0.2, -0.15) is 0 Å². The molecule has 7 nitrogen and oxygen atoms in total. The molecule has 3 amide bonds. The highest BCUT2D eigenvalue weighted by atomic mass is 19.1. The fourth-order valence-corrected chi connectivity index (χ4v) is 3.56. The van der Waals surface area contributed by atoms with Crippen LogP contribution in [-0.4, -0.2) is 55.1 Å². The molecule has 0 saturated carbocycles. The lowest BCUT2D eigenvalue weighted by Crippen LogP contribution is -2.48. The van der Waals surface area contributed by atoms with Crippen molar-refractivity contribution in [1.82, 2.24) is 10.2 Å². The summed E-state index contributed by atoms with van der Waals surface area (Å²) in [6, 6.07) is 2.91. The zero-order chi connectivity index (χ0) is 20.3. The van der Waals surface area contributed by atoms with Crippen LogP contribution in [0.25, 0.3) is 0 Å². The van der Waals surface area contributed by atoms with Crippen molar-refractivity contribution in [2.75, 3.05) is 31.1 Å². The monoisotopic (exact) mass is 395 g/mol. The molecule has 2 heterocycles. The molecule has 1 aromatic carbocycles. The predicted molar refractivity (Wildman–Crippen MR) is 96.6 cm³/mol. The largest absolute Gasteiger partial charge is 0.450 e. The molecule has 0 aromatic heterocycles. The van der Waals surface area contributed by atoms with Crippen molar-refractivity contribution in [1.29, 1.82) is 0 Å². The molecule has 1 unspecified atom stereocenters. The number of rotatable bonds is 4. The van der Waals surface area contributed by atoms with Crippen LogP contribution >= 0.6 is 0 Å². The molecular formula is C19H23F2N3O4. The molecule has 152 valence electrons. The summed E-state index contributed by atoms with van der Waals surface area (Å²) >= 11 is 0. The van der Waals surface area contributed by atoms with Crippen LogP contribution in [0.4, 0.5) is 19.3 Å². The van der Waals surface area contributed by atoms with Crippen LogP contribution in [0.15, 0.2) is 18.2 Å². The van der Waals surface area contributed by atoms with Crippen molar-refractivity contribution < 1.29 is 27.9 Å². The Bertz CT molecular complexity index is 766. The highest BCUT2D eigenvalue weighted by Gasteiger charge is 2.37. The third kappa shape index (κ3) is 4.40. The fourth-order valence-electron chi connectivity index (χ4n) is 3.56. The molecule has 0 radical (unpaired) electrons. The number of nitrogens with zero attached hydrogens (tertiary/aromatic N) is 2. The van der Waals surface area contributed by atoms with E-state index in [4.69, 9.17) is 4.74 Å². The van der Waals surface area contributed by atoms with Crippen LogP contribution in [0.5, 0.6) is 0 Å². The number of hydrogen-bond acceptors (Lipinski definition) is 4. The molecule has 0 spiro atoms. The van der Waals surface area contributed by atoms with Gasteiger partial charge in [0.2, 0.25) is 11.8 Å². The molecule has 28 heavy (non-hydrogen) atoms. The number of carbonyl (C=O) groups excluding carboxylic acids is 3. The molecule has 2 aliphatic heterocycles. The summed E-state index contributed by atoms with van der Waals surface area (Å²) in [5.74, 6) is -2.80.